The second kappa shape index (κ2) is 12.6. The standard InChI is InChI=1S/C17H26N4O2.HI/c1-5-6-7-12-21(3)16(18-2)19-13-14-8-10-15(11-9-14)20-17(22)23-4;/h5,8-11H,1,6-7,12-13H2,2-4H3,(H,18,19)(H,20,22);1H. The SMILES string of the molecule is C=CCCCN(C)C(=NC)NCc1ccc(NC(=O)OC)cc1.I. The highest BCUT2D eigenvalue weighted by atomic mass is 127. The molecule has 0 heterocycles. The number of carbonyl (C=O) groups is 1. The molecule has 134 valence electrons. The lowest BCUT2D eigenvalue weighted by molar-refractivity contribution is 0.187. The minimum atomic E-state index is -0.475. The highest BCUT2D eigenvalue weighted by Gasteiger charge is 2.05. The maximum atomic E-state index is 11.1. The molecule has 0 aliphatic rings. The quantitative estimate of drug-likeness (QED) is 0.221. The third kappa shape index (κ3) is 8.19. The van der Waals surface area contributed by atoms with Gasteiger partial charge >= 0.3 is 6.09 Å². The van der Waals surface area contributed by atoms with Crippen LogP contribution in [0, 0.1) is 0 Å². The molecule has 7 heteroatoms. The molecule has 0 aliphatic heterocycles. The molecule has 1 rings (SSSR count). The van der Waals surface area contributed by atoms with Gasteiger partial charge in [-0.1, -0.05) is 18.2 Å². The van der Waals surface area contributed by atoms with Gasteiger partial charge in [0.05, 0.1) is 7.11 Å². The number of nitrogens with one attached hydrogen (secondary N) is 2. The van der Waals surface area contributed by atoms with Crippen molar-refractivity contribution in [3.63, 3.8) is 0 Å². The van der Waals surface area contributed by atoms with Gasteiger partial charge in [0.15, 0.2) is 5.96 Å². The van der Waals surface area contributed by atoms with E-state index in [9.17, 15) is 4.79 Å². The van der Waals surface area contributed by atoms with Crippen LogP contribution >= 0.6 is 24.0 Å². The van der Waals surface area contributed by atoms with Crippen LogP contribution in [0.1, 0.15) is 18.4 Å². The number of halogens is 1. The summed E-state index contributed by atoms with van der Waals surface area (Å²) in [6.45, 7) is 5.32. The maximum Gasteiger partial charge on any atom is 0.411 e. The predicted molar refractivity (Wildman–Crippen MR) is 110 cm³/mol. The molecule has 0 spiro atoms. The fourth-order valence-corrected chi connectivity index (χ4v) is 2.02. The van der Waals surface area contributed by atoms with Gasteiger partial charge in [0, 0.05) is 32.9 Å². The number of rotatable bonds is 7. The molecule has 0 saturated heterocycles. The van der Waals surface area contributed by atoms with E-state index in [1.54, 1.807) is 7.05 Å². The molecule has 0 unspecified atom stereocenters. The molecule has 24 heavy (non-hydrogen) atoms. The van der Waals surface area contributed by atoms with Gasteiger partial charge in [-0.3, -0.25) is 10.3 Å². The molecular weight excluding hydrogens is 419 g/mol. The number of anilines is 1. The van der Waals surface area contributed by atoms with Gasteiger partial charge in [-0.15, -0.1) is 30.6 Å². The van der Waals surface area contributed by atoms with Crippen molar-refractivity contribution >= 4 is 41.7 Å². The molecule has 0 bridgehead atoms. The van der Waals surface area contributed by atoms with E-state index >= 15 is 0 Å². The molecule has 1 aromatic carbocycles. The van der Waals surface area contributed by atoms with Crippen LogP contribution in [0.15, 0.2) is 41.9 Å². The van der Waals surface area contributed by atoms with Crippen molar-refractivity contribution in [3.8, 4) is 0 Å². The zero-order valence-electron chi connectivity index (χ0n) is 14.5. The second-order valence-corrected chi connectivity index (χ2v) is 5.07. The van der Waals surface area contributed by atoms with Gasteiger partial charge in [-0.25, -0.2) is 4.79 Å². The summed E-state index contributed by atoms with van der Waals surface area (Å²) in [5.74, 6) is 0.853. The number of amides is 1. The number of unbranched alkanes of at least 4 members (excludes halogenated alkanes) is 1. The lowest BCUT2D eigenvalue weighted by Gasteiger charge is -2.22. The number of hydrogen-bond acceptors (Lipinski definition) is 3. The summed E-state index contributed by atoms with van der Waals surface area (Å²) in [5, 5.41) is 5.94. The van der Waals surface area contributed by atoms with Crippen LogP contribution in [0.5, 0.6) is 0 Å². The molecule has 2 N–H and O–H groups in total. The molecule has 0 atom stereocenters. The first kappa shape index (κ1) is 22.2. The largest absolute Gasteiger partial charge is 0.453 e. The third-order valence-electron chi connectivity index (χ3n) is 3.31. The lowest BCUT2D eigenvalue weighted by atomic mass is 10.2. The number of carbonyl (C=O) groups excluding carboxylic acids is 1. The Morgan fingerprint density at radius 3 is 2.58 bits per heavy atom. The van der Waals surface area contributed by atoms with Crippen molar-refractivity contribution in [2.24, 2.45) is 4.99 Å². The zero-order valence-corrected chi connectivity index (χ0v) is 16.9. The molecule has 0 aliphatic carbocycles. The number of hydrogen-bond donors (Lipinski definition) is 2. The van der Waals surface area contributed by atoms with E-state index < -0.39 is 6.09 Å². The number of methoxy groups -OCH3 is 1. The number of aliphatic imine (C=N–C) groups is 1. The topological polar surface area (TPSA) is 66.0 Å². The molecule has 1 aromatic rings. The van der Waals surface area contributed by atoms with E-state index in [4.69, 9.17) is 0 Å². The number of benzene rings is 1. The first-order chi connectivity index (χ1) is 11.1. The summed E-state index contributed by atoms with van der Waals surface area (Å²) >= 11 is 0. The molecule has 0 saturated carbocycles. The highest BCUT2D eigenvalue weighted by Crippen LogP contribution is 2.09. The van der Waals surface area contributed by atoms with Crippen molar-refractivity contribution in [2.75, 3.05) is 33.1 Å². The minimum absolute atomic E-state index is 0. The van der Waals surface area contributed by atoms with Gasteiger partial charge in [0.25, 0.3) is 0 Å². The van der Waals surface area contributed by atoms with E-state index in [1.807, 2.05) is 37.4 Å². The lowest BCUT2D eigenvalue weighted by Crippen LogP contribution is -2.38. The first-order valence-electron chi connectivity index (χ1n) is 7.57. The Hall–Kier alpha value is -1.77. The fraction of sp³-hybridized carbons (Fsp3) is 0.412. The Bertz CT molecular complexity index is 532. The van der Waals surface area contributed by atoms with Crippen LogP contribution in [0.3, 0.4) is 0 Å². The monoisotopic (exact) mass is 446 g/mol. The molecule has 0 aromatic heterocycles. The van der Waals surface area contributed by atoms with E-state index in [-0.39, 0.29) is 24.0 Å². The van der Waals surface area contributed by atoms with Crippen molar-refractivity contribution in [2.45, 2.75) is 19.4 Å². The van der Waals surface area contributed by atoms with Crippen LogP contribution in [0.2, 0.25) is 0 Å². The zero-order chi connectivity index (χ0) is 17.1. The van der Waals surface area contributed by atoms with Crippen molar-refractivity contribution < 1.29 is 9.53 Å². The minimum Gasteiger partial charge on any atom is -0.453 e. The van der Waals surface area contributed by atoms with Crippen LogP contribution in [0.25, 0.3) is 0 Å². The van der Waals surface area contributed by atoms with Crippen LogP contribution < -0.4 is 10.6 Å². The first-order valence-corrected chi connectivity index (χ1v) is 7.57. The van der Waals surface area contributed by atoms with Gasteiger partial charge in [0.2, 0.25) is 0 Å². The average molecular weight is 446 g/mol. The summed E-state index contributed by atoms with van der Waals surface area (Å²) < 4.78 is 4.55. The molecule has 1 amide bonds. The van der Waals surface area contributed by atoms with Crippen molar-refractivity contribution in [1.82, 2.24) is 10.2 Å². The van der Waals surface area contributed by atoms with Crippen molar-refractivity contribution in [3.05, 3.63) is 42.5 Å². The smallest absolute Gasteiger partial charge is 0.411 e. The highest BCUT2D eigenvalue weighted by molar-refractivity contribution is 14.0. The van der Waals surface area contributed by atoms with Gasteiger partial charge in [0.1, 0.15) is 0 Å². The second-order valence-electron chi connectivity index (χ2n) is 5.07. The maximum absolute atomic E-state index is 11.1. The Kier molecular flexibility index (Phi) is 11.7. The number of ether oxygens (including phenoxy) is 1. The average Bonchev–Trinajstić information content (AvgIpc) is 2.57. The molecule has 0 radical (unpaired) electrons. The van der Waals surface area contributed by atoms with E-state index in [2.05, 4.69) is 31.8 Å². The third-order valence-corrected chi connectivity index (χ3v) is 3.31. The Balaban J connectivity index is 0.00000529. The Labute approximate surface area is 161 Å². The Morgan fingerprint density at radius 1 is 1.38 bits per heavy atom. The summed E-state index contributed by atoms with van der Waals surface area (Å²) in [6.07, 6.45) is 3.50. The van der Waals surface area contributed by atoms with Crippen LogP contribution in [0.4, 0.5) is 10.5 Å². The molecular formula is C17H27IN4O2. The Morgan fingerprint density at radius 2 is 2.04 bits per heavy atom. The van der Waals surface area contributed by atoms with Gasteiger partial charge in [-0.05, 0) is 30.5 Å². The predicted octanol–water partition coefficient (Wildman–Crippen LogP) is 3.46. The molecule has 0 fully saturated rings. The van der Waals surface area contributed by atoms with E-state index in [0.29, 0.717) is 12.2 Å². The summed E-state index contributed by atoms with van der Waals surface area (Å²) in [5.41, 5.74) is 1.80. The van der Waals surface area contributed by atoms with Gasteiger partial charge in [-0.2, -0.15) is 0 Å². The van der Waals surface area contributed by atoms with Crippen LogP contribution in [-0.2, 0) is 11.3 Å². The summed E-state index contributed by atoms with van der Waals surface area (Å²) in [6, 6.07) is 7.57. The molecule has 6 nitrogen and oxygen atoms in total. The normalized spacial score (nSPS) is 10.4. The number of guanidine groups is 1. The summed E-state index contributed by atoms with van der Waals surface area (Å²) in [7, 11) is 5.13. The fourth-order valence-electron chi connectivity index (χ4n) is 2.02. The number of nitrogens with zero attached hydrogens (tertiary/aromatic N) is 2. The van der Waals surface area contributed by atoms with E-state index in [0.717, 1.165) is 30.9 Å². The van der Waals surface area contributed by atoms with Gasteiger partial charge < -0.3 is 15.0 Å². The summed E-state index contributed by atoms with van der Waals surface area (Å²) in [4.78, 5) is 17.5. The van der Waals surface area contributed by atoms with Crippen LogP contribution in [-0.4, -0.2) is 44.7 Å². The van der Waals surface area contributed by atoms with E-state index in [1.165, 1.54) is 7.11 Å². The number of allylic oxidation sites excluding steroid dienone is 1. The van der Waals surface area contributed by atoms with Crippen molar-refractivity contribution in [1.29, 1.82) is 0 Å².